The highest BCUT2D eigenvalue weighted by Gasteiger charge is 2.03. The van der Waals surface area contributed by atoms with Crippen molar-refractivity contribution in [1.29, 1.82) is 0 Å². The Morgan fingerprint density at radius 3 is 2.84 bits per heavy atom. The second-order valence-electron chi connectivity index (χ2n) is 4.47. The summed E-state index contributed by atoms with van der Waals surface area (Å²) in [5, 5.41) is 12.4. The van der Waals surface area contributed by atoms with Crippen LogP contribution in [0.5, 0.6) is 5.75 Å². The summed E-state index contributed by atoms with van der Waals surface area (Å²) in [6.07, 6.45) is 1.81. The van der Waals surface area contributed by atoms with Crippen LogP contribution in [0.4, 0.5) is 5.69 Å². The topological polar surface area (TPSA) is 73.8 Å². The third-order valence-electron chi connectivity index (χ3n) is 2.85. The standard InChI is InChI=1S/C14H14N4O/c1-9-6-12-14(16-7-9)18-13(17-12)8-15-10-2-4-11(19)5-3-10/h2-7,15,19H,8H2,1H3,(H,16,17,18). The van der Waals surface area contributed by atoms with Crippen LogP contribution in [0.3, 0.4) is 0 Å². The summed E-state index contributed by atoms with van der Waals surface area (Å²) < 4.78 is 0. The molecule has 0 fully saturated rings. The molecule has 3 aromatic rings. The minimum atomic E-state index is 0.258. The predicted molar refractivity (Wildman–Crippen MR) is 74.1 cm³/mol. The third-order valence-corrected chi connectivity index (χ3v) is 2.85. The van der Waals surface area contributed by atoms with E-state index in [-0.39, 0.29) is 5.75 Å². The number of pyridine rings is 1. The van der Waals surface area contributed by atoms with Crippen LogP contribution in [0.15, 0.2) is 36.5 Å². The number of hydrogen-bond donors (Lipinski definition) is 3. The summed E-state index contributed by atoms with van der Waals surface area (Å²) in [6, 6.07) is 8.96. The molecule has 2 aromatic heterocycles. The molecule has 0 saturated heterocycles. The van der Waals surface area contributed by atoms with Gasteiger partial charge in [-0.15, -0.1) is 0 Å². The van der Waals surface area contributed by atoms with Crippen molar-refractivity contribution in [2.45, 2.75) is 13.5 Å². The van der Waals surface area contributed by atoms with E-state index < -0.39 is 0 Å². The lowest BCUT2D eigenvalue weighted by Gasteiger charge is -2.03. The van der Waals surface area contributed by atoms with Crippen LogP contribution in [0.1, 0.15) is 11.4 Å². The maximum absolute atomic E-state index is 9.21. The molecule has 2 heterocycles. The number of aromatic nitrogens is 3. The average molecular weight is 254 g/mol. The van der Waals surface area contributed by atoms with Gasteiger partial charge >= 0.3 is 0 Å². The zero-order chi connectivity index (χ0) is 13.2. The van der Waals surface area contributed by atoms with Crippen molar-refractivity contribution in [3.8, 4) is 5.75 Å². The first-order valence-electron chi connectivity index (χ1n) is 6.05. The first-order valence-corrected chi connectivity index (χ1v) is 6.05. The fourth-order valence-electron chi connectivity index (χ4n) is 1.90. The van der Waals surface area contributed by atoms with Gasteiger partial charge in [0.25, 0.3) is 0 Å². The predicted octanol–water partition coefficient (Wildman–Crippen LogP) is 2.58. The van der Waals surface area contributed by atoms with Gasteiger partial charge in [0, 0.05) is 11.9 Å². The molecule has 0 aliphatic carbocycles. The largest absolute Gasteiger partial charge is 0.508 e. The smallest absolute Gasteiger partial charge is 0.177 e. The Labute approximate surface area is 110 Å². The molecule has 0 atom stereocenters. The molecule has 3 rings (SSSR count). The number of imidazole rings is 1. The number of phenolic OH excluding ortho intramolecular Hbond substituents is 1. The summed E-state index contributed by atoms with van der Waals surface area (Å²) >= 11 is 0. The van der Waals surface area contributed by atoms with Crippen molar-refractivity contribution in [2.75, 3.05) is 5.32 Å². The van der Waals surface area contributed by atoms with Crippen LogP contribution in [0.2, 0.25) is 0 Å². The Balaban J connectivity index is 1.76. The monoisotopic (exact) mass is 254 g/mol. The minimum Gasteiger partial charge on any atom is -0.508 e. The molecule has 0 aliphatic rings. The van der Waals surface area contributed by atoms with E-state index in [1.54, 1.807) is 18.3 Å². The number of phenols is 1. The quantitative estimate of drug-likeness (QED) is 0.628. The minimum absolute atomic E-state index is 0.258. The normalized spacial score (nSPS) is 10.8. The van der Waals surface area contributed by atoms with Crippen LogP contribution < -0.4 is 5.32 Å². The number of fused-ring (bicyclic) bond motifs is 1. The number of rotatable bonds is 3. The number of nitrogens with one attached hydrogen (secondary N) is 2. The van der Waals surface area contributed by atoms with Gasteiger partial charge in [0.15, 0.2) is 5.65 Å². The van der Waals surface area contributed by atoms with Crippen molar-refractivity contribution < 1.29 is 5.11 Å². The lowest BCUT2D eigenvalue weighted by molar-refractivity contribution is 0.475. The average Bonchev–Trinajstić information content (AvgIpc) is 2.80. The maximum Gasteiger partial charge on any atom is 0.177 e. The SMILES string of the molecule is Cc1cnc2nc(CNc3ccc(O)cc3)[nH]c2c1. The highest BCUT2D eigenvalue weighted by atomic mass is 16.3. The number of benzene rings is 1. The van der Waals surface area contributed by atoms with Crippen LogP contribution in [0, 0.1) is 6.92 Å². The molecular formula is C14H14N4O. The summed E-state index contributed by atoms with van der Waals surface area (Å²) in [7, 11) is 0. The molecule has 96 valence electrons. The second-order valence-corrected chi connectivity index (χ2v) is 4.47. The summed E-state index contributed by atoms with van der Waals surface area (Å²) in [4.78, 5) is 11.9. The molecule has 5 nitrogen and oxygen atoms in total. The maximum atomic E-state index is 9.21. The van der Waals surface area contributed by atoms with E-state index in [9.17, 15) is 5.11 Å². The van der Waals surface area contributed by atoms with Crippen LogP contribution >= 0.6 is 0 Å². The molecule has 0 spiro atoms. The first-order chi connectivity index (χ1) is 9.20. The number of aromatic hydroxyl groups is 1. The van der Waals surface area contributed by atoms with Gasteiger partial charge in [-0.05, 0) is 42.8 Å². The third kappa shape index (κ3) is 2.49. The van der Waals surface area contributed by atoms with Crippen molar-refractivity contribution in [2.24, 2.45) is 0 Å². The molecule has 19 heavy (non-hydrogen) atoms. The van der Waals surface area contributed by atoms with Crippen molar-refractivity contribution in [3.05, 3.63) is 47.9 Å². The number of anilines is 1. The van der Waals surface area contributed by atoms with Gasteiger partial charge < -0.3 is 15.4 Å². The van der Waals surface area contributed by atoms with Gasteiger partial charge in [-0.25, -0.2) is 9.97 Å². The molecule has 0 amide bonds. The number of nitrogens with zero attached hydrogens (tertiary/aromatic N) is 2. The zero-order valence-electron chi connectivity index (χ0n) is 10.5. The number of hydrogen-bond acceptors (Lipinski definition) is 4. The lowest BCUT2D eigenvalue weighted by Crippen LogP contribution is -2.00. The Morgan fingerprint density at radius 2 is 2.05 bits per heavy atom. The van der Waals surface area contributed by atoms with E-state index in [0.29, 0.717) is 6.54 Å². The summed E-state index contributed by atoms with van der Waals surface area (Å²) in [5.41, 5.74) is 3.72. The van der Waals surface area contributed by atoms with Crippen molar-refractivity contribution in [1.82, 2.24) is 15.0 Å². The highest BCUT2D eigenvalue weighted by molar-refractivity contribution is 5.71. The molecule has 3 N–H and O–H groups in total. The van der Waals surface area contributed by atoms with E-state index >= 15 is 0 Å². The number of aryl methyl sites for hydroxylation is 1. The van der Waals surface area contributed by atoms with Crippen LogP contribution in [0.25, 0.3) is 11.2 Å². The van der Waals surface area contributed by atoms with E-state index in [1.807, 2.05) is 25.1 Å². The Morgan fingerprint density at radius 1 is 1.26 bits per heavy atom. The molecule has 0 unspecified atom stereocenters. The Kier molecular flexibility index (Phi) is 2.79. The molecule has 1 aromatic carbocycles. The summed E-state index contributed by atoms with van der Waals surface area (Å²) in [5.74, 6) is 1.09. The Hall–Kier alpha value is -2.56. The van der Waals surface area contributed by atoms with Crippen LogP contribution in [-0.2, 0) is 6.54 Å². The van der Waals surface area contributed by atoms with Crippen molar-refractivity contribution in [3.63, 3.8) is 0 Å². The number of H-pyrrole nitrogens is 1. The fraction of sp³-hybridized carbons (Fsp3) is 0.143. The molecule has 0 saturated carbocycles. The summed E-state index contributed by atoms with van der Waals surface area (Å²) in [6.45, 7) is 2.59. The molecular weight excluding hydrogens is 240 g/mol. The molecule has 0 radical (unpaired) electrons. The molecule has 0 aliphatic heterocycles. The lowest BCUT2D eigenvalue weighted by atomic mass is 10.3. The van der Waals surface area contributed by atoms with Crippen molar-refractivity contribution >= 4 is 16.9 Å². The second kappa shape index (κ2) is 4.61. The van der Waals surface area contributed by atoms with Gasteiger partial charge in [-0.2, -0.15) is 0 Å². The van der Waals surface area contributed by atoms with Gasteiger partial charge in [0.2, 0.25) is 0 Å². The zero-order valence-corrected chi connectivity index (χ0v) is 10.5. The van der Waals surface area contributed by atoms with Gasteiger partial charge in [-0.3, -0.25) is 0 Å². The highest BCUT2D eigenvalue weighted by Crippen LogP contribution is 2.15. The van der Waals surface area contributed by atoms with Gasteiger partial charge in [-0.1, -0.05) is 0 Å². The van der Waals surface area contributed by atoms with E-state index in [4.69, 9.17) is 0 Å². The number of aromatic amines is 1. The van der Waals surface area contributed by atoms with Gasteiger partial charge in [0.1, 0.15) is 11.6 Å². The van der Waals surface area contributed by atoms with Gasteiger partial charge in [0.05, 0.1) is 12.1 Å². The fourth-order valence-corrected chi connectivity index (χ4v) is 1.90. The van der Waals surface area contributed by atoms with E-state index in [1.165, 1.54) is 0 Å². The van der Waals surface area contributed by atoms with E-state index in [0.717, 1.165) is 28.2 Å². The Bertz CT molecular complexity index is 703. The van der Waals surface area contributed by atoms with E-state index in [2.05, 4.69) is 20.3 Å². The first kappa shape index (κ1) is 11.5. The molecule has 0 bridgehead atoms. The molecule has 5 heteroatoms. The van der Waals surface area contributed by atoms with Crippen LogP contribution in [-0.4, -0.2) is 20.1 Å².